The molecular weight excluding hydrogens is 407 g/mol. The topological polar surface area (TPSA) is 96.7 Å². The van der Waals surface area contributed by atoms with Crippen molar-refractivity contribution in [3.05, 3.63) is 58.9 Å². The van der Waals surface area contributed by atoms with Crippen molar-refractivity contribution in [2.24, 2.45) is 0 Å². The summed E-state index contributed by atoms with van der Waals surface area (Å²) in [6.07, 6.45) is 1.97. The Bertz CT molecular complexity index is 1140. The highest BCUT2D eigenvalue weighted by atomic mass is 32.1. The van der Waals surface area contributed by atoms with Gasteiger partial charge in [0.1, 0.15) is 11.4 Å². The Labute approximate surface area is 177 Å². The molecule has 2 N–H and O–H groups in total. The molecule has 4 rings (SSSR count). The van der Waals surface area contributed by atoms with Gasteiger partial charge in [-0.25, -0.2) is 9.87 Å². The zero-order valence-corrected chi connectivity index (χ0v) is 16.8. The summed E-state index contributed by atoms with van der Waals surface area (Å²) < 4.78 is 14.5. The Balaban J connectivity index is 1.78. The maximum Gasteiger partial charge on any atom is 0.277 e. The number of nitriles is 1. The van der Waals surface area contributed by atoms with E-state index in [9.17, 15) is 14.0 Å². The third-order valence-electron chi connectivity index (χ3n) is 5.74. The Hall–Kier alpha value is -3.35. The first-order valence-electron chi connectivity index (χ1n) is 9.27. The van der Waals surface area contributed by atoms with Gasteiger partial charge in [-0.05, 0) is 80.4 Å². The third-order valence-corrected chi connectivity index (χ3v) is 6.10. The second kappa shape index (κ2) is 7.16. The van der Waals surface area contributed by atoms with E-state index < -0.39 is 17.3 Å². The number of hydrogen-bond acceptors (Lipinski definition) is 5. The fourth-order valence-corrected chi connectivity index (χ4v) is 4.48. The van der Waals surface area contributed by atoms with Gasteiger partial charge in [0.2, 0.25) is 0 Å². The second-order valence-electron chi connectivity index (χ2n) is 7.36. The van der Waals surface area contributed by atoms with Gasteiger partial charge in [0.25, 0.3) is 11.8 Å². The minimum absolute atomic E-state index is 0.194. The van der Waals surface area contributed by atoms with Crippen LogP contribution in [0.5, 0.6) is 0 Å². The van der Waals surface area contributed by atoms with Crippen LogP contribution in [0.3, 0.4) is 0 Å². The van der Waals surface area contributed by atoms with Crippen molar-refractivity contribution < 1.29 is 19.2 Å². The zero-order chi connectivity index (χ0) is 21.6. The van der Waals surface area contributed by atoms with Crippen LogP contribution in [0.25, 0.3) is 0 Å². The minimum Gasteiger partial charge on any atom is -0.303 e. The van der Waals surface area contributed by atoms with Crippen molar-refractivity contribution in [3.8, 4) is 6.07 Å². The normalized spacial score (nSPS) is 17.1. The van der Waals surface area contributed by atoms with Gasteiger partial charge in [0, 0.05) is 5.69 Å². The van der Waals surface area contributed by atoms with Crippen molar-refractivity contribution in [2.45, 2.75) is 31.7 Å². The Morgan fingerprint density at radius 3 is 2.50 bits per heavy atom. The summed E-state index contributed by atoms with van der Waals surface area (Å²) in [7, 11) is 0. The van der Waals surface area contributed by atoms with E-state index in [0.717, 1.165) is 18.1 Å². The van der Waals surface area contributed by atoms with Crippen LogP contribution < -0.4 is 15.3 Å². The summed E-state index contributed by atoms with van der Waals surface area (Å²) in [5.41, 5.74) is 2.32. The monoisotopic (exact) mass is 424 g/mol. The molecule has 30 heavy (non-hydrogen) atoms. The molecule has 2 aliphatic rings. The van der Waals surface area contributed by atoms with E-state index in [-0.39, 0.29) is 16.6 Å². The van der Waals surface area contributed by atoms with Crippen LogP contribution in [0.15, 0.2) is 36.4 Å². The molecular formula is C21H17FN4O3S. The van der Waals surface area contributed by atoms with Crippen LogP contribution in [-0.4, -0.2) is 27.7 Å². The van der Waals surface area contributed by atoms with E-state index in [4.69, 9.17) is 22.7 Å². The minimum atomic E-state index is -0.966. The lowest BCUT2D eigenvalue weighted by atomic mass is 9.75. The first-order chi connectivity index (χ1) is 14.3. The summed E-state index contributed by atoms with van der Waals surface area (Å²) in [6, 6.07) is 11.0. The molecule has 7 nitrogen and oxygen atoms in total. The number of benzene rings is 2. The lowest BCUT2D eigenvalue weighted by molar-refractivity contribution is -0.123. The van der Waals surface area contributed by atoms with Crippen molar-refractivity contribution in [1.29, 1.82) is 5.26 Å². The number of halogens is 1. The van der Waals surface area contributed by atoms with Crippen LogP contribution >= 0.6 is 12.2 Å². The molecule has 1 saturated carbocycles. The standard InChI is InChI=1S/C21H17FN4O3S/c1-12-9-14(4-3-13(12)11-23)25-19(28)21(7-2-8-21)26(20(25)30)15-5-6-16(17(22)10-15)18(27)24-29/h3-6,9-10,29H,2,7-8H2,1H3,(H,24,27). The number of aryl methyl sites for hydroxylation is 1. The summed E-state index contributed by atoms with van der Waals surface area (Å²) in [5.74, 6) is -2.00. The van der Waals surface area contributed by atoms with Gasteiger partial charge in [-0.2, -0.15) is 5.26 Å². The van der Waals surface area contributed by atoms with Gasteiger partial charge >= 0.3 is 0 Å². The number of thiocarbonyl (C=S) groups is 1. The molecule has 2 aromatic carbocycles. The SMILES string of the molecule is Cc1cc(N2C(=O)C3(CCC3)N(c3ccc(C(=O)NO)c(F)c3)C2=S)ccc1C#N. The van der Waals surface area contributed by atoms with Gasteiger partial charge in [0.15, 0.2) is 5.11 Å². The molecule has 2 aromatic rings. The largest absolute Gasteiger partial charge is 0.303 e. The molecule has 1 saturated heterocycles. The van der Waals surface area contributed by atoms with Crippen LogP contribution in [0.2, 0.25) is 0 Å². The van der Waals surface area contributed by atoms with E-state index in [1.54, 1.807) is 30.0 Å². The van der Waals surface area contributed by atoms with Crippen molar-refractivity contribution >= 4 is 40.5 Å². The van der Waals surface area contributed by atoms with Crippen molar-refractivity contribution in [1.82, 2.24) is 5.48 Å². The van der Waals surface area contributed by atoms with Crippen molar-refractivity contribution in [2.75, 3.05) is 9.80 Å². The number of carbonyl (C=O) groups is 2. The number of rotatable bonds is 3. The van der Waals surface area contributed by atoms with Gasteiger partial charge in [-0.3, -0.25) is 19.7 Å². The van der Waals surface area contributed by atoms with Crippen LogP contribution in [0.1, 0.15) is 40.7 Å². The lowest BCUT2D eigenvalue weighted by Crippen LogP contribution is -2.55. The molecule has 1 aliphatic heterocycles. The number of anilines is 2. The molecule has 2 fully saturated rings. The highest BCUT2D eigenvalue weighted by Crippen LogP contribution is 2.48. The Morgan fingerprint density at radius 2 is 1.97 bits per heavy atom. The number of amides is 2. The second-order valence-corrected chi connectivity index (χ2v) is 7.72. The molecule has 1 spiro atoms. The van der Waals surface area contributed by atoms with E-state index in [0.29, 0.717) is 29.8 Å². The molecule has 2 amide bonds. The van der Waals surface area contributed by atoms with Gasteiger partial charge in [-0.1, -0.05) is 0 Å². The first kappa shape index (κ1) is 19.9. The average molecular weight is 424 g/mol. The molecule has 0 radical (unpaired) electrons. The van der Waals surface area contributed by atoms with Crippen LogP contribution in [0, 0.1) is 24.1 Å². The summed E-state index contributed by atoms with van der Waals surface area (Å²) >= 11 is 5.63. The van der Waals surface area contributed by atoms with E-state index in [1.807, 2.05) is 0 Å². The van der Waals surface area contributed by atoms with Crippen LogP contribution in [0.4, 0.5) is 15.8 Å². The molecule has 0 atom stereocenters. The third kappa shape index (κ3) is 2.76. The fourth-order valence-electron chi connectivity index (χ4n) is 4.01. The fraction of sp³-hybridized carbons (Fsp3) is 0.238. The quantitative estimate of drug-likeness (QED) is 0.446. The smallest absolute Gasteiger partial charge is 0.277 e. The number of hydrogen-bond donors (Lipinski definition) is 2. The zero-order valence-electron chi connectivity index (χ0n) is 16.0. The maximum absolute atomic E-state index is 14.5. The molecule has 9 heteroatoms. The highest BCUT2D eigenvalue weighted by molar-refractivity contribution is 7.81. The van der Waals surface area contributed by atoms with Gasteiger partial charge < -0.3 is 4.90 Å². The van der Waals surface area contributed by atoms with Crippen LogP contribution in [-0.2, 0) is 4.79 Å². The number of carbonyl (C=O) groups excluding carboxylic acids is 2. The summed E-state index contributed by atoms with van der Waals surface area (Å²) in [6.45, 7) is 1.78. The maximum atomic E-state index is 14.5. The number of nitrogens with one attached hydrogen (secondary N) is 1. The van der Waals surface area contributed by atoms with Crippen molar-refractivity contribution in [3.63, 3.8) is 0 Å². The van der Waals surface area contributed by atoms with E-state index in [2.05, 4.69) is 6.07 Å². The summed E-state index contributed by atoms with van der Waals surface area (Å²) in [5, 5.41) is 18.1. The average Bonchev–Trinajstić information content (AvgIpc) is 2.94. The van der Waals surface area contributed by atoms with E-state index in [1.165, 1.54) is 22.5 Å². The Morgan fingerprint density at radius 1 is 1.27 bits per heavy atom. The molecule has 0 unspecified atom stereocenters. The van der Waals surface area contributed by atoms with Gasteiger partial charge in [0.05, 0.1) is 22.9 Å². The first-order valence-corrected chi connectivity index (χ1v) is 9.68. The Kier molecular flexibility index (Phi) is 4.76. The molecule has 1 aliphatic carbocycles. The molecule has 152 valence electrons. The predicted molar refractivity (Wildman–Crippen MR) is 111 cm³/mol. The lowest BCUT2D eigenvalue weighted by Gasteiger charge is -2.43. The molecule has 0 aromatic heterocycles. The molecule has 1 heterocycles. The highest BCUT2D eigenvalue weighted by Gasteiger charge is 2.59. The van der Waals surface area contributed by atoms with E-state index >= 15 is 0 Å². The predicted octanol–water partition coefficient (Wildman–Crippen LogP) is 3.19. The van der Waals surface area contributed by atoms with Gasteiger partial charge in [-0.15, -0.1) is 0 Å². The summed E-state index contributed by atoms with van der Waals surface area (Å²) in [4.78, 5) is 28.1. The molecule has 0 bridgehead atoms. The number of nitrogens with zero attached hydrogens (tertiary/aromatic N) is 3. The number of hydroxylamine groups is 1.